The maximum Gasteiger partial charge on any atom is 0.319 e. The van der Waals surface area contributed by atoms with Crippen LogP contribution in [0.25, 0.3) is 0 Å². The number of hydrogen-bond acceptors (Lipinski definition) is 4. The molecular formula is C20H21N5O2. The van der Waals surface area contributed by atoms with Crippen LogP contribution < -0.4 is 10.6 Å². The second kappa shape index (κ2) is 8.27. The SMILES string of the molecule is C=CCN(Cc1ccncc1)C(=O)C1=C(C)NC(=O)NC1c1cccnc1. The fourth-order valence-corrected chi connectivity index (χ4v) is 3.03. The highest BCUT2D eigenvalue weighted by molar-refractivity contribution is 5.98. The first-order chi connectivity index (χ1) is 13.1. The van der Waals surface area contributed by atoms with Crippen molar-refractivity contribution >= 4 is 11.9 Å². The lowest BCUT2D eigenvalue weighted by Crippen LogP contribution is -2.47. The van der Waals surface area contributed by atoms with Crippen molar-refractivity contribution in [3.63, 3.8) is 0 Å². The van der Waals surface area contributed by atoms with Crippen molar-refractivity contribution in [3.8, 4) is 0 Å². The van der Waals surface area contributed by atoms with Gasteiger partial charge in [-0.3, -0.25) is 14.8 Å². The molecule has 0 saturated carbocycles. The van der Waals surface area contributed by atoms with Gasteiger partial charge >= 0.3 is 6.03 Å². The normalized spacial score (nSPS) is 16.3. The number of rotatable bonds is 6. The summed E-state index contributed by atoms with van der Waals surface area (Å²) in [6, 6.07) is 6.44. The van der Waals surface area contributed by atoms with E-state index in [1.807, 2.05) is 18.2 Å². The maximum absolute atomic E-state index is 13.4. The third kappa shape index (κ3) is 4.20. The zero-order chi connectivity index (χ0) is 19.2. The molecule has 0 bridgehead atoms. The van der Waals surface area contributed by atoms with Gasteiger partial charge in [-0.25, -0.2) is 4.79 Å². The molecule has 0 spiro atoms. The van der Waals surface area contributed by atoms with Gasteiger partial charge in [0.1, 0.15) is 0 Å². The van der Waals surface area contributed by atoms with E-state index in [0.29, 0.717) is 24.4 Å². The van der Waals surface area contributed by atoms with Crippen LogP contribution in [0.3, 0.4) is 0 Å². The molecule has 2 N–H and O–H groups in total. The molecule has 2 aromatic rings. The molecule has 0 saturated heterocycles. The number of carbonyl (C=O) groups excluding carboxylic acids is 2. The van der Waals surface area contributed by atoms with Crippen LogP contribution in [0, 0.1) is 0 Å². The van der Waals surface area contributed by atoms with Crippen LogP contribution >= 0.6 is 0 Å². The van der Waals surface area contributed by atoms with Gasteiger partial charge in [0.2, 0.25) is 0 Å². The molecule has 0 fully saturated rings. The highest BCUT2D eigenvalue weighted by atomic mass is 16.2. The molecule has 3 amide bonds. The molecule has 7 heteroatoms. The standard InChI is InChI=1S/C20H21N5O2/c1-3-11-25(13-15-6-9-21-10-7-15)19(26)17-14(2)23-20(27)24-18(17)16-5-4-8-22-12-16/h3-10,12,18H,1,11,13H2,2H3,(H2,23,24,27). The van der Waals surface area contributed by atoms with Crippen LogP contribution in [0.15, 0.2) is 73.0 Å². The Morgan fingerprint density at radius 1 is 1.26 bits per heavy atom. The van der Waals surface area contributed by atoms with Crippen molar-refractivity contribution < 1.29 is 9.59 Å². The van der Waals surface area contributed by atoms with Gasteiger partial charge in [0, 0.05) is 43.6 Å². The number of pyridine rings is 2. The van der Waals surface area contributed by atoms with Crippen molar-refractivity contribution in [1.82, 2.24) is 25.5 Å². The quantitative estimate of drug-likeness (QED) is 0.771. The van der Waals surface area contributed by atoms with Crippen molar-refractivity contribution in [1.29, 1.82) is 0 Å². The third-order valence-corrected chi connectivity index (χ3v) is 4.28. The van der Waals surface area contributed by atoms with Gasteiger partial charge < -0.3 is 15.5 Å². The van der Waals surface area contributed by atoms with Crippen LogP contribution in [0.4, 0.5) is 4.79 Å². The average Bonchev–Trinajstić information content (AvgIpc) is 2.68. The minimum absolute atomic E-state index is 0.175. The van der Waals surface area contributed by atoms with E-state index >= 15 is 0 Å². The number of nitrogens with zero attached hydrogens (tertiary/aromatic N) is 3. The highest BCUT2D eigenvalue weighted by Gasteiger charge is 2.33. The Morgan fingerprint density at radius 2 is 2.04 bits per heavy atom. The molecule has 1 unspecified atom stereocenters. The van der Waals surface area contributed by atoms with Crippen molar-refractivity contribution in [2.45, 2.75) is 19.5 Å². The topological polar surface area (TPSA) is 87.2 Å². The van der Waals surface area contributed by atoms with E-state index in [-0.39, 0.29) is 11.9 Å². The molecule has 138 valence electrons. The van der Waals surface area contributed by atoms with Gasteiger partial charge in [-0.2, -0.15) is 0 Å². The first kappa shape index (κ1) is 18.3. The summed E-state index contributed by atoms with van der Waals surface area (Å²) in [7, 11) is 0. The second-order valence-electron chi connectivity index (χ2n) is 6.19. The molecule has 3 heterocycles. The molecule has 7 nitrogen and oxygen atoms in total. The lowest BCUT2D eigenvalue weighted by atomic mass is 9.95. The molecule has 27 heavy (non-hydrogen) atoms. The zero-order valence-corrected chi connectivity index (χ0v) is 15.1. The molecule has 1 aliphatic rings. The van der Waals surface area contributed by atoms with E-state index in [9.17, 15) is 9.59 Å². The summed E-state index contributed by atoms with van der Waals surface area (Å²) < 4.78 is 0. The van der Waals surface area contributed by atoms with E-state index in [1.54, 1.807) is 48.8 Å². The summed E-state index contributed by atoms with van der Waals surface area (Å²) in [5.74, 6) is -0.175. The lowest BCUT2D eigenvalue weighted by molar-refractivity contribution is -0.127. The third-order valence-electron chi connectivity index (χ3n) is 4.28. The van der Waals surface area contributed by atoms with Crippen molar-refractivity contribution in [3.05, 3.63) is 84.1 Å². The Kier molecular flexibility index (Phi) is 5.61. The average molecular weight is 363 g/mol. The predicted octanol–water partition coefficient (Wildman–Crippen LogP) is 2.32. The molecule has 0 aromatic carbocycles. The van der Waals surface area contributed by atoms with E-state index in [2.05, 4.69) is 27.2 Å². The van der Waals surface area contributed by atoms with Crippen molar-refractivity contribution in [2.75, 3.05) is 6.54 Å². The van der Waals surface area contributed by atoms with Gasteiger partial charge in [0.15, 0.2) is 0 Å². The van der Waals surface area contributed by atoms with E-state index in [1.165, 1.54) is 0 Å². The van der Waals surface area contributed by atoms with Gasteiger partial charge in [0.25, 0.3) is 5.91 Å². The van der Waals surface area contributed by atoms with Gasteiger partial charge in [-0.15, -0.1) is 6.58 Å². The molecule has 3 rings (SSSR count). The lowest BCUT2D eigenvalue weighted by Gasteiger charge is -2.32. The smallest absolute Gasteiger partial charge is 0.319 e. The molecular weight excluding hydrogens is 342 g/mol. The van der Waals surface area contributed by atoms with Crippen LogP contribution in [0.2, 0.25) is 0 Å². The number of amides is 3. The summed E-state index contributed by atoms with van der Waals surface area (Å²) in [4.78, 5) is 35.2. The van der Waals surface area contributed by atoms with E-state index in [4.69, 9.17) is 0 Å². The van der Waals surface area contributed by atoms with Gasteiger partial charge in [0.05, 0.1) is 11.6 Å². The summed E-state index contributed by atoms with van der Waals surface area (Å²) in [5, 5.41) is 5.52. The van der Waals surface area contributed by atoms with Crippen LogP contribution in [0.5, 0.6) is 0 Å². The van der Waals surface area contributed by atoms with E-state index < -0.39 is 6.04 Å². The Labute approximate surface area is 157 Å². The van der Waals surface area contributed by atoms with E-state index in [0.717, 1.165) is 11.1 Å². The Hall–Kier alpha value is -3.48. The molecule has 1 aliphatic heterocycles. The minimum Gasteiger partial charge on any atom is -0.331 e. The predicted molar refractivity (Wildman–Crippen MR) is 101 cm³/mol. The number of allylic oxidation sites excluding steroid dienone is 1. The zero-order valence-electron chi connectivity index (χ0n) is 15.1. The summed E-state index contributed by atoms with van der Waals surface area (Å²) in [5.41, 5.74) is 2.72. The van der Waals surface area contributed by atoms with Gasteiger partial charge in [-0.05, 0) is 36.2 Å². The number of carbonyl (C=O) groups is 2. The molecule has 0 radical (unpaired) electrons. The number of hydrogen-bond donors (Lipinski definition) is 2. The number of nitrogens with one attached hydrogen (secondary N) is 2. The summed E-state index contributed by atoms with van der Waals surface area (Å²) >= 11 is 0. The number of aromatic nitrogens is 2. The van der Waals surface area contributed by atoms with Crippen LogP contribution in [-0.2, 0) is 11.3 Å². The van der Waals surface area contributed by atoms with Crippen molar-refractivity contribution in [2.24, 2.45) is 0 Å². The Balaban J connectivity index is 1.95. The second-order valence-corrected chi connectivity index (χ2v) is 6.19. The first-order valence-corrected chi connectivity index (χ1v) is 8.57. The largest absolute Gasteiger partial charge is 0.331 e. The Bertz CT molecular complexity index is 864. The molecule has 2 aromatic heterocycles. The van der Waals surface area contributed by atoms with Crippen LogP contribution in [-0.4, -0.2) is 33.4 Å². The number of urea groups is 1. The first-order valence-electron chi connectivity index (χ1n) is 8.57. The van der Waals surface area contributed by atoms with Gasteiger partial charge in [-0.1, -0.05) is 12.1 Å². The molecule has 1 atom stereocenters. The monoisotopic (exact) mass is 363 g/mol. The summed E-state index contributed by atoms with van der Waals surface area (Å²) in [6.45, 7) is 6.29. The fourth-order valence-electron chi connectivity index (χ4n) is 3.03. The van der Waals surface area contributed by atoms with Crippen LogP contribution in [0.1, 0.15) is 24.1 Å². The molecule has 0 aliphatic carbocycles. The summed E-state index contributed by atoms with van der Waals surface area (Å²) in [6.07, 6.45) is 8.37. The maximum atomic E-state index is 13.4. The minimum atomic E-state index is -0.565. The highest BCUT2D eigenvalue weighted by Crippen LogP contribution is 2.28. The fraction of sp³-hybridized carbons (Fsp3) is 0.200. The Morgan fingerprint density at radius 3 is 2.70 bits per heavy atom.